The van der Waals surface area contributed by atoms with Gasteiger partial charge in [0.15, 0.2) is 0 Å². The van der Waals surface area contributed by atoms with Gasteiger partial charge < -0.3 is 24.8 Å². The summed E-state index contributed by atoms with van der Waals surface area (Å²) in [5.41, 5.74) is -0.704. The number of nitrogens with zero attached hydrogens (tertiary/aromatic N) is 1. The molecule has 3 fully saturated rings. The number of carbonyl (C=O) groups excluding carboxylic acids is 3. The molecule has 10 heteroatoms. The van der Waals surface area contributed by atoms with Crippen molar-refractivity contribution in [2.45, 2.75) is 48.8 Å². The number of alkyl halides is 1. The summed E-state index contributed by atoms with van der Waals surface area (Å²) in [5, 5.41) is 12.4. The zero-order chi connectivity index (χ0) is 23.0. The number of carbonyl (C=O) groups is 3. The summed E-state index contributed by atoms with van der Waals surface area (Å²) < 4.78 is 11.6. The maximum Gasteiger partial charge on any atom is 0.312 e. The standard InChI is InChI=1S/C22H26BrClN2O6/c1-2-31-21(30)15-16-20(29)26(9-5-6-10-27)18(22(16)11-12(23)17(15)32-22)19(28)25-14-8-4-3-7-13(14)24/h3-4,7-8,12,15-18,27H,2,5-6,9-11H2,1H3,(H,25,28)/t12?,15-,16+,17-,18?,22?/m1/s1. The second-order valence-corrected chi connectivity index (χ2v) is 9.93. The van der Waals surface area contributed by atoms with Crippen molar-refractivity contribution in [2.75, 3.05) is 25.1 Å². The van der Waals surface area contributed by atoms with Gasteiger partial charge in [-0.1, -0.05) is 39.7 Å². The van der Waals surface area contributed by atoms with Crippen LogP contribution >= 0.6 is 27.5 Å². The third-order valence-electron chi connectivity index (χ3n) is 6.54. The number of fused-ring (bicyclic) bond motifs is 1. The number of ether oxygens (including phenoxy) is 2. The summed E-state index contributed by atoms with van der Waals surface area (Å²) >= 11 is 9.83. The minimum absolute atomic E-state index is 0.0133. The summed E-state index contributed by atoms with van der Waals surface area (Å²) in [5.74, 6) is -2.76. The van der Waals surface area contributed by atoms with Crippen LogP contribution < -0.4 is 5.32 Å². The van der Waals surface area contributed by atoms with Gasteiger partial charge in [-0.2, -0.15) is 0 Å². The normalized spacial score (nSPS) is 32.8. The van der Waals surface area contributed by atoms with E-state index in [0.29, 0.717) is 30.0 Å². The zero-order valence-electron chi connectivity index (χ0n) is 17.6. The highest BCUT2D eigenvalue weighted by molar-refractivity contribution is 9.09. The van der Waals surface area contributed by atoms with Crippen LogP contribution in [-0.4, -0.2) is 70.1 Å². The number of halogens is 2. The van der Waals surface area contributed by atoms with E-state index >= 15 is 0 Å². The molecule has 3 aliphatic heterocycles. The number of aliphatic hydroxyl groups excluding tert-OH is 1. The highest BCUT2D eigenvalue weighted by Crippen LogP contribution is 2.60. The van der Waals surface area contributed by atoms with E-state index in [1.54, 1.807) is 31.2 Å². The van der Waals surface area contributed by atoms with E-state index in [0.717, 1.165) is 0 Å². The fraction of sp³-hybridized carbons (Fsp3) is 0.591. The lowest BCUT2D eigenvalue weighted by Gasteiger charge is -2.34. The fourth-order valence-corrected chi connectivity index (χ4v) is 6.46. The maximum atomic E-state index is 13.6. The van der Waals surface area contributed by atoms with Crippen molar-refractivity contribution in [3.63, 3.8) is 0 Å². The Bertz CT molecular complexity index is 916. The van der Waals surface area contributed by atoms with E-state index in [-0.39, 0.29) is 30.5 Å². The third kappa shape index (κ3) is 3.73. The molecule has 174 valence electrons. The van der Waals surface area contributed by atoms with Crippen LogP contribution in [-0.2, 0) is 23.9 Å². The summed E-state index contributed by atoms with van der Waals surface area (Å²) in [4.78, 5) is 41.3. The minimum Gasteiger partial charge on any atom is -0.466 e. The van der Waals surface area contributed by atoms with Crippen LogP contribution in [0.4, 0.5) is 5.69 Å². The van der Waals surface area contributed by atoms with Gasteiger partial charge in [0.2, 0.25) is 11.8 Å². The van der Waals surface area contributed by atoms with Crippen LogP contribution in [0.1, 0.15) is 26.2 Å². The van der Waals surface area contributed by atoms with Crippen LogP contribution in [0.5, 0.6) is 0 Å². The molecule has 1 aromatic carbocycles. The molecule has 0 aromatic heterocycles. The number of hydrogen-bond acceptors (Lipinski definition) is 6. The lowest BCUT2D eigenvalue weighted by Crippen LogP contribution is -2.54. The quantitative estimate of drug-likeness (QED) is 0.304. The summed E-state index contributed by atoms with van der Waals surface area (Å²) in [6, 6.07) is 5.93. The molecule has 3 saturated heterocycles. The van der Waals surface area contributed by atoms with Crippen molar-refractivity contribution in [2.24, 2.45) is 11.8 Å². The number of rotatable bonds is 8. The SMILES string of the molecule is CCOC(=O)[C@H]1[C@@H]2OC3(CC2Br)C(C(=O)Nc2ccccc2Cl)N(CCCCO)C(=O)[C@H]13. The first-order valence-corrected chi connectivity index (χ1v) is 12.1. The molecule has 3 unspecified atom stereocenters. The van der Waals surface area contributed by atoms with Crippen molar-refractivity contribution >= 4 is 51.0 Å². The summed E-state index contributed by atoms with van der Waals surface area (Å²) in [6.07, 6.45) is 0.887. The molecule has 6 atom stereocenters. The van der Waals surface area contributed by atoms with Crippen LogP contribution in [0, 0.1) is 11.8 Å². The molecule has 2 bridgehead atoms. The molecule has 4 rings (SSSR count). The summed E-state index contributed by atoms with van der Waals surface area (Å²) in [7, 11) is 0. The Morgan fingerprint density at radius 3 is 2.81 bits per heavy atom. The van der Waals surface area contributed by atoms with Crippen LogP contribution in [0.3, 0.4) is 0 Å². The second kappa shape index (κ2) is 9.29. The van der Waals surface area contributed by atoms with E-state index in [1.807, 2.05) is 0 Å². The zero-order valence-corrected chi connectivity index (χ0v) is 20.0. The van der Waals surface area contributed by atoms with Gasteiger partial charge in [0.1, 0.15) is 11.6 Å². The first-order valence-electron chi connectivity index (χ1n) is 10.8. The molecule has 8 nitrogen and oxygen atoms in total. The number of esters is 1. The van der Waals surface area contributed by atoms with Gasteiger partial charge in [-0.25, -0.2) is 0 Å². The minimum atomic E-state index is -1.14. The van der Waals surface area contributed by atoms with Gasteiger partial charge >= 0.3 is 5.97 Å². The Labute approximate surface area is 199 Å². The molecule has 2 amide bonds. The first kappa shape index (κ1) is 23.5. The van der Waals surface area contributed by atoms with Crippen molar-refractivity contribution < 1.29 is 29.0 Å². The van der Waals surface area contributed by atoms with Gasteiger partial charge in [-0.15, -0.1) is 0 Å². The molecule has 3 heterocycles. The van der Waals surface area contributed by atoms with E-state index in [1.165, 1.54) is 4.90 Å². The molecule has 32 heavy (non-hydrogen) atoms. The molecule has 0 aliphatic carbocycles. The maximum absolute atomic E-state index is 13.6. The number of nitrogens with one attached hydrogen (secondary N) is 1. The highest BCUT2D eigenvalue weighted by atomic mass is 79.9. The number of aliphatic hydroxyl groups is 1. The Morgan fingerprint density at radius 1 is 1.38 bits per heavy atom. The number of para-hydroxylation sites is 1. The smallest absolute Gasteiger partial charge is 0.312 e. The van der Waals surface area contributed by atoms with Crippen molar-refractivity contribution in [1.29, 1.82) is 0 Å². The van der Waals surface area contributed by atoms with Crippen molar-refractivity contribution in [1.82, 2.24) is 4.90 Å². The molecule has 1 spiro atoms. The van der Waals surface area contributed by atoms with E-state index in [9.17, 15) is 19.5 Å². The average Bonchev–Trinajstić information content (AvgIpc) is 3.34. The molecule has 3 aliphatic rings. The number of likely N-dealkylation sites (tertiary alicyclic amines) is 1. The molecular weight excluding hydrogens is 504 g/mol. The topological polar surface area (TPSA) is 105 Å². The Morgan fingerprint density at radius 2 is 2.12 bits per heavy atom. The van der Waals surface area contributed by atoms with E-state index in [4.69, 9.17) is 21.1 Å². The Balaban J connectivity index is 1.70. The van der Waals surface area contributed by atoms with Crippen LogP contribution in [0.2, 0.25) is 5.02 Å². The second-order valence-electron chi connectivity index (χ2n) is 8.35. The van der Waals surface area contributed by atoms with Crippen molar-refractivity contribution in [3.05, 3.63) is 29.3 Å². The predicted octanol–water partition coefficient (Wildman–Crippen LogP) is 2.36. The number of hydrogen-bond donors (Lipinski definition) is 2. The first-order chi connectivity index (χ1) is 15.4. The van der Waals surface area contributed by atoms with Crippen LogP contribution in [0.25, 0.3) is 0 Å². The largest absolute Gasteiger partial charge is 0.466 e. The fourth-order valence-electron chi connectivity index (χ4n) is 5.34. The van der Waals surface area contributed by atoms with Gasteiger partial charge in [-0.05, 0) is 38.3 Å². The van der Waals surface area contributed by atoms with Crippen molar-refractivity contribution in [3.8, 4) is 0 Å². The number of anilines is 1. The van der Waals surface area contributed by atoms with E-state index in [2.05, 4.69) is 21.2 Å². The molecule has 0 radical (unpaired) electrons. The average molecular weight is 530 g/mol. The number of unbranched alkanes of at least 4 members (excludes halogenated alkanes) is 1. The summed E-state index contributed by atoms with van der Waals surface area (Å²) in [6.45, 7) is 2.17. The van der Waals surface area contributed by atoms with Gasteiger partial charge in [0.25, 0.3) is 0 Å². The molecule has 1 aromatic rings. The monoisotopic (exact) mass is 528 g/mol. The molecule has 0 saturated carbocycles. The van der Waals surface area contributed by atoms with Gasteiger partial charge in [0, 0.05) is 18.0 Å². The Kier molecular flexibility index (Phi) is 6.81. The van der Waals surface area contributed by atoms with Gasteiger partial charge in [0.05, 0.1) is 35.3 Å². The van der Waals surface area contributed by atoms with E-state index < -0.39 is 41.5 Å². The van der Waals surface area contributed by atoms with Crippen LogP contribution in [0.15, 0.2) is 24.3 Å². The highest BCUT2D eigenvalue weighted by Gasteiger charge is 2.76. The lowest BCUT2D eigenvalue weighted by molar-refractivity contribution is -0.154. The predicted molar refractivity (Wildman–Crippen MR) is 120 cm³/mol. The Hall–Kier alpha value is -1.68. The number of benzene rings is 1. The third-order valence-corrected chi connectivity index (χ3v) is 7.71. The number of amides is 2. The van der Waals surface area contributed by atoms with Gasteiger partial charge in [-0.3, -0.25) is 14.4 Å². The lowest BCUT2D eigenvalue weighted by atomic mass is 9.70. The molecular formula is C22H26BrClN2O6. The molecule has 2 N–H and O–H groups in total.